The van der Waals surface area contributed by atoms with Gasteiger partial charge in [0, 0.05) is 25.2 Å². The summed E-state index contributed by atoms with van der Waals surface area (Å²) in [5.74, 6) is -0.567. The first kappa shape index (κ1) is 11.7. The summed E-state index contributed by atoms with van der Waals surface area (Å²) in [5, 5.41) is 3.07. The number of rotatable bonds is 4. The summed E-state index contributed by atoms with van der Waals surface area (Å²) in [6, 6.07) is 0. The van der Waals surface area contributed by atoms with Crippen molar-refractivity contribution in [3.63, 3.8) is 0 Å². The Morgan fingerprint density at radius 2 is 2.07 bits per heavy atom. The van der Waals surface area contributed by atoms with Crippen LogP contribution >= 0.6 is 0 Å². The summed E-state index contributed by atoms with van der Waals surface area (Å²) in [6.07, 6.45) is 0. The third kappa shape index (κ3) is 2.79. The molecule has 0 bridgehead atoms. The molecule has 0 spiro atoms. The Labute approximate surface area is 89.3 Å². The highest BCUT2D eigenvalue weighted by Crippen LogP contribution is 2.11. The fourth-order valence-electron chi connectivity index (χ4n) is 1.42. The van der Waals surface area contributed by atoms with Crippen molar-refractivity contribution in [2.45, 2.75) is 13.8 Å². The van der Waals surface area contributed by atoms with Gasteiger partial charge in [0.25, 0.3) is 0 Å². The Kier molecular flexibility index (Phi) is 3.85. The van der Waals surface area contributed by atoms with Crippen LogP contribution in [0.5, 0.6) is 0 Å². The molecule has 0 aromatic carbocycles. The summed E-state index contributed by atoms with van der Waals surface area (Å²) >= 11 is 0. The fourth-order valence-corrected chi connectivity index (χ4v) is 1.42. The molecule has 1 aliphatic heterocycles. The number of hydrogen-bond donors (Lipinski definition) is 2. The summed E-state index contributed by atoms with van der Waals surface area (Å²) in [5.41, 5.74) is 6.92. The number of nitrogens with two attached hydrogens (primary N) is 1. The minimum Gasteiger partial charge on any atom is -0.368 e. The molecular weight excluding hydrogens is 194 g/mol. The number of carbonyl (C=O) groups is 2. The highest BCUT2D eigenvalue weighted by atomic mass is 16.2. The summed E-state index contributed by atoms with van der Waals surface area (Å²) in [6.45, 7) is 5.66. The van der Waals surface area contributed by atoms with E-state index in [1.54, 1.807) is 6.92 Å². The van der Waals surface area contributed by atoms with E-state index in [0.29, 0.717) is 6.54 Å². The lowest BCUT2D eigenvalue weighted by Gasteiger charge is -2.25. The van der Waals surface area contributed by atoms with Crippen molar-refractivity contribution in [2.75, 3.05) is 26.2 Å². The molecule has 1 saturated heterocycles. The minimum atomic E-state index is -0.477. The van der Waals surface area contributed by atoms with E-state index in [0.717, 1.165) is 24.2 Å². The summed E-state index contributed by atoms with van der Waals surface area (Å²) in [7, 11) is 0. The van der Waals surface area contributed by atoms with Crippen molar-refractivity contribution in [3.8, 4) is 0 Å². The molecule has 1 fully saturated rings. The van der Waals surface area contributed by atoms with Crippen LogP contribution in [0.25, 0.3) is 0 Å². The van der Waals surface area contributed by atoms with Crippen LogP contribution in [-0.2, 0) is 9.59 Å². The van der Waals surface area contributed by atoms with Crippen molar-refractivity contribution in [3.05, 3.63) is 11.1 Å². The average Bonchev–Trinajstić information content (AvgIpc) is 2.09. The third-order valence-electron chi connectivity index (χ3n) is 2.54. The van der Waals surface area contributed by atoms with Gasteiger partial charge in [-0.15, -0.1) is 0 Å². The molecule has 0 saturated carbocycles. The summed E-state index contributed by atoms with van der Waals surface area (Å²) < 4.78 is 0. The Bertz CT molecular complexity index is 304. The molecule has 0 atom stereocenters. The van der Waals surface area contributed by atoms with Crippen LogP contribution < -0.4 is 11.1 Å². The maximum Gasteiger partial charge on any atom is 0.249 e. The van der Waals surface area contributed by atoms with Crippen LogP contribution in [0.15, 0.2) is 11.1 Å². The number of likely N-dealkylation sites (N-methyl/N-ethyl adjacent to an activating group) is 1. The normalized spacial score (nSPS) is 14.4. The molecule has 1 rings (SSSR count). The molecular formula is C10H17N3O2. The van der Waals surface area contributed by atoms with E-state index in [9.17, 15) is 9.59 Å². The van der Waals surface area contributed by atoms with Gasteiger partial charge < -0.3 is 16.0 Å². The molecule has 5 heteroatoms. The van der Waals surface area contributed by atoms with Gasteiger partial charge in [-0.05, 0) is 19.4 Å². The molecule has 15 heavy (non-hydrogen) atoms. The maximum atomic E-state index is 11.9. The highest BCUT2D eigenvalue weighted by molar-refractivity contribution is 5.96. The summed E-state index contributed by atoms with van der Waals surface area (Å²) in [4.78, 5) is 24.1. The van der Waals surface area contributed by atoms with Gasteiger partial charge in [-0.2, -0.15) is 0 Å². The maximum absolute atomic E-state index is 11.9. The van der Waals surface area contributed by atoms with E-state index in [1.807, 2.05) is 6.92 Å². The van der Waals surface area contributed by atoms with E-state index >= 15 is 0 Å². The molecule has 3 N–H and O–H groups in total. The second-order valence-corrected chi connectivity index (χ2v) is 3.62. The molecule has 84 valence electrons. The molecule has 1 aliphatic rings. The van der Waals surface area contributed by atoms with Crippen molar-refractivity contribution >= 4 is 11.8 Å². The molecule has 5 nitrogen and oxygen atoms in total. The van der Waals surface area contributed by atoms with Crippen LogP contribution in [0.2, 0.25) is 0 Å². The zero-order valence-corrected chi connectivity index (χ0v) is 9.17. The van der Waals surface area contributed by atoms with E-state index in [2.05, 4.69) is 5.32 Å². The Morgan fingerprint density at radius 3 is 2.40 bits per heavy atom. The van der Waals surface area contributed by atoms with Crippen molar-refractivity contribution < 1.29 is 9.59 Å². The highest BCUT2D eigenvalue weighted by Gasteiger charge is 2.20. The minimum absolute atomic E-state index is 0.00657. The molecule has 0 radical (unpaired) electrons. The first-order valence-corrected chi connectivity index (χ1v) is 5.03. The fraction of sp³-hybridized carbons (Fsp3) is 0.600. The zero-order valence-electron chi connectivity index (χ0n) is 9.17. The van der Waals surface area contributed by atoms with Gasteiger partial charge >= 0.3 is 0 Å². The lowest BCUT2D eigenvalue weighted by atomic mass is 10.0. The molecule has 1 heterocycles. The Balaban J connectivity index is 2.68. The average molecular weight is 211 g/mol. The third-order valence-corrected chi connectivity index (χ3v) is 2.54. The zero-order chi connectivity index (χ0) is 11.4. The topological polar surface area (TPSA) is 75.4 Å². The second kappa shape index (κ2) is 4.93. The predicted molar refractivity (Wildman–Crippen MR) is 57.0 cm³/mol. The number of primary amides is 1. The number of amides is 2. The lowest BCUT2D eigenvalue weighted by molar-refractivity contribution is -0.131. The second-order valence-electron chi connectivity index (χ2n) is 3.62. The number of nitrogens with one attached hydrogen (secondary N) is 1. The van der Waals surface area contributed by atoms with Gasteiger partial charge in [0.1, 0.15) is 0 Å². The van der Waals surface area contributed by atoms with Crippen LogP contribution in [0.3, 0.4) is 0 Å². The van der Waals surface area contributed by atoms with Crippen LogP contribution in [0.1, 0.15) is 13.8 Å². The number of hydrogen-bond acceptors (Lipinski definition) is 3. The molecule has 0 aliphatic carbocycles. The number of nitrogens with zero attached hydrogens (tertiary/aromatic N) is 1. The molecule has 0 aromatic heterocycles. The quantitative estimate of drug-likeness (QED) is 0.600. The SMILES string of the molecule is CCN(CC(N)=O)C(=O)C(C)=C1CNC1. The Hall–Kier alpha value is -1.36. The van der Waals surface area contributed by atoms with E-state index < -0.39 is 5.91 Å². The van der Waals surface area contributed by atoms with Crippen LogP contribution in [0, 0.1) is 0 Å². The van der Waals surface area contributed by atoms with Gasteiger partial charge in [0.15, 0.2) is 0 Å². The monoisotopic (exact) mass is 211 g/mol. The van der Waals surface area contributed by atoms with Crippen LogP contribution in [0.4, 0.5) is 0 Å². The predicted octanol–water partition coefficient (Wildman–Crippen LogP) is -0.760. The molecule has 2 amide bonds. The first-order chi connectivity index (χ1) is 7.06. The van der Waals surface area contributed by atoms with Crippen molar-refractivity contribution in [2.24, 2.45) is 5.73 Å². The van der Waals surface area contributed by atoms with E-state index in [-0.39, 0.29) is 12.5 Å². The molecule has 0 unspecified atom stereocenters. The first-order valence-electron chi connectivity index (χ1n) is 5.03. The van der Waals surface area contributed by atoms with Gasteiger partial charge in [-0.3, -0.25) is 9.59 Å². The Morgan fingerprint density at radius 1 is 1.47 bits per heavy atom. The van der Waals surface area contributed by atoms with Gasteiger partial charge in [0.05, 0.1) is 6.54 Å². The lowest BCUT2D eigenvalue weighted by Crippen LogP contribution is -2.42. The van der Waals surface area contributed by atoms with Gasteiger partial charge in [0.2, 0.25) is 11.8 Å². The van der Waals surface area contributed by atoms with Gasteiger partial charge in [-0.25, -0.2) is 0 Å². The van der Waals surface area contributed by atoms with Crippen LogP contribution in [-0.4, -0.2) is 42.9 Å². The van der Waals surface area contributed by atoms with E-state index in [1.165, 1.54) is 4.90 Å². The standard InChI is InChI=1S/C10H17N3O2/c1-3-13(6-9(11)14)10(15)7(2)8-4-12-5-8/h12H,3-6H2,1-2H3,(H2,11,14). The largest absolute Gasteiger partial charge is 0.368 e. The van der Waals surface area contributed by atoms with Crippen molar-refractivity contribution in [1.29, 1.82) is 0 Å². The van der Waals surface area contributed by atoms with Gasteiger partial charge in [-0.1, -0.05) is 0 Å². The van der Waals surface area contributed by atoms with Crippen molar-refractivity contribution in [1.82, 2.24) is 10.2 Å². The molecule has 0 aromatic rings. The van der Waals surface area contributed by atoms with E-state index in [4.69, 9.17) is 5.73 Å². The number of carbonyl (C=O) groups excluding carboxylic acids is 2. The smallest absolute Gasteiger partial charge is 0.249 e.